The molecule has 1 unspecified atom stereocenters. The summed E-state index contributed by atoms with van der Waals surface area (Å²) in [4.78, 5) is 2.33. The zero-order valence-corrected chi connectivity index (χ0v) is 10.1. The van der Waals surface area contributed by atoms with Crippen molar-refractivity contribution in [1.82, 2.24) is 19.7 Å². The van der Waals surface area contributed by atoms with Gasteiger partial charge in [-0.2, -0.15) is 5.26 Å². The molecule has 1 aromatic rings. The Kier molecular flexibility index (Phi) is 3.41. The third-order valence-electron chi connectivity index (χ3n) is 3.14. The van der Waals surface area contributed by atoms with Crippen molar-refractivity contribution in [2.75, 3.05) is 13.1 Å². The number of hydrogen-bond donors (Lipinski definition) is 1. The first-order valence-corrected chi connectivity index (χ1v) is 5.90. The minimum absolute atomic E-state index is 0.699. The van der Waals surface area contributed by atoms with E-state index in [2.05, 4.69) is 25.7 Å². The summed E-state index contributed by atoms with van der Waals surface area (Å²) in [5.74, 6) is 1.02. The van der Waals surface area contributed by atoms with E-state index in [1.807, 2.05) is 0 Å². The summed E-state index contributed by atoms with van der Waals surface area (Å²) >= 11 is 0. The third kappa shape index (κ3) is 3.02. The van der Waals surface area contributed by atoms with E-state index in [9.17, 15) is 0 Å². The number of fused-ring (bicyclic) bond motifs is 1. The first-order chi connectivity index (χ1) is 8.11. The Morgan fingerprint density at radius 3 is 3.18 bits per heavy atom. The van der Waals surface area contributed by atoms with E-state index in [1.54, 1.807) is 13.3 Å². The van der Waals surface area contributed by atoms with Gasteiger partial charge in [0.25, 0.3) is 0 Å². The number of aromatic nitrogens is 3. The van der Waals surface area contributed by atoms with E-state index in [0.29, 0.717) is 0 Å². The second-order valence-corrected chi connectivity index (χ2v) is 4.85. The molecule has 1 aromatic heterocycles. The molecular weight excluding hydrogens is 216 g/mol. The highest BCUT2D eigenvalue weighted by Gasteiger charge is 2.20. The molecule has 92 valence electrons. The number of nitriles is 1. The number of hydrogen-bond acceptors (Lipinski definition) is 5. The van der Waals surface area contributed by atoms with Crippen LogP contribution >= 0.6 is 0 Å². The monoisotopic (exact) mass is 234 g/mol. The van der Waals surface area contributed by atoms with Crippen LogP contribution in [0.3, 0.4) is 0 Å². The molecule has 1 aliphatic heterocycles. The Bertz CT molecular complexity index is 416. The fourth-order valence-corrected chi connectivity index (χ4v) is 2.03. The van der Waals surface area contributed by atoms with Crippen LogP contribution in [0.25, 0.3) is 0 Å². The van der Waals surface area contributed by atoms with Gasteiger partial charge < -0.3 is 10.3 Å². The van der Waals surface area contributed by atoms with Crippen molar-refractivity contribution in [1.29, 1.82) is 5.26 Å². The highest BCUT2D eigenvalue weighted by molar-refractivity contribution is 5.00. The van der Waals surface area contributed by atoms with Crippen LogP contribution in [0.15, 0.2) is 6.33 Å². The van der Waals surface area contributed by atoms with Crippen LogP contribution in [0.4, 0.5) is 0 Å². The first-order valence-electron chi connectivity index (χ1n) is 5.90. The molecule has 0 aliphatic carbocycles. The quantitative estimate of drug-likeness (QED) is 0.799. The van der Waals surface area contributed by atoms with Gasteiger partial charge in [0, 0.05) is 13.1 Å². The van der Waals surface area contributed by atoms with Crippen molar-refractivity contribution in [3.05, 3.63) is 12.2 Å². The molecule has 2 N–H and O–H groups in total. The largest absolute Gasteiger partial charge is 0.315 e. The Balaban J connectivity index is 1.78. The normalized spacial score (nSPS) is 19.4. The van der Waals surface area contributed by atoms with E-state index in [1.165, 1.54) is 0 Å². The maximum absolute atomic E-state index is 8.82. The van der Waals surface area contributed by atoms with E-state index < -0.39 is 5.54 Å². The SMILES string of the molecule is CC(N)(C#N)CCCN1CCn2cnnc2C1. The van der Waals surface area contributed by atoms with Crippen molar-refractivity contribution in [2.45, 2.75) is 38.4 Å². The molecule has 6 nitrogen and oxygen atoms in total. The standard InChI is InChI=1S/C11H18N6/c1-11(13,8-12)3-2-4-16-5-6-17-9-14-15-10(17)7-16/h9H,2-7,13H2,1H3. The van der Waals surface area contributed by atoms with Gasteiger partial charge in [0.2, 0.25) is 0 Å². The van der Waals surface area contributed by atoms with Crippen molar-refractivity contribution in [3.8, 4) is 6.07 Å². The van der Waals surface area contributed by atoms with Gasteiger partial charge in [-0.05, 0) is 26.3 Å². The van der Waals surface area contributed by atoms with Crippen LogP contribution in [0.1, 0.15) is 25.6 Å². The Morgan fingerprint density at radius 1 is 1.59 bits per heavy atom. The molecule has 0 saturated heterocycles. The van der Waals surface area contributed by atoms with Crippen molar-refractivity contribution < 1.29 is 0 Å². The highest BCUT2D eigenvalue weighted by atomic mass is 15.3. The summed E-state index contributed by atoms with van der Waals surface area (Å²) in [5.41, 5.74) is 5.09. The molecule has 0 bridgehead atoms. The van der Waals surface area contributed by atoms with Gasteiger partial charge in [0.1, 0.15) is 17.7 Å². The molecule has 0 spiro atoms. The molecule has 17 heavy (non-hydrogen) atoms. The van der Waals surface area contributed by atoms with Gasteiger partial charge in [-0.3, -0.25) is 4.90 Å². The maximum Gasteiger partial charge on any atom is 0.147 e. The summed E-state index contributed by atoms with van der Waals surface area (Å²) in [5, 5.41) is 16.8. The summed E-state index contributed by atoms with van der Waals surface area (Å²) in [6, 6.07) is 2.12. The lowest BCUT2D eigenvalue weighted by molar-refractivity contribution is 0.210. The van der Waals surface area contributed by atoms with Crippen LogP contribution in [-0.2, 0) is 13.1 Å². The van der Waals surface area contributed by atoms with E-state index >= 15 is 0 Å². The van der Waals surface area contributed by atoms with Crippen LogP contribution in [0, 0.1) is 11.3 Å². The Hall–Kier alpha value is -1.45. The van der Waals surface area contributed by atoms with Gasteiger partial charge in [0.05, 0.1) is 12.6 Å². The molecule has 1 atom stereocenters. The average molecular weight is 234 g/mol. The summed E-state index contributed by atoms with van der Waals surface area (Å²) < 4.78 is 2.08. The molecule has 0 aromatic carbocycles. The Labute approximate surface area is 101 Å². The average Bonchev–Trinajstić information content (AvgIpc) is 2.76. The smallest absolute Gasteiger partial charge is 0.147 e. The van der Waals surface area contributed by atoms with E-state index in [4.69, 9.17) is 11.0 Å². The second-order valence-electron chi connectivity index (χ2n) is 4.85. The molecular formula is C11H18N6. The maximum atomic E-state index is 8.82. The number of rotatable bonds is 4. The minimum atomic E-state index is -0.699. The first kappa shape index (κ1) is 12.0. The van der Waals surface area contributed by atoms with Gasteiger partial charge in [-0.1, -0.05) is 0 Å². The van der Waals surface area contributed by atoms with Crippen LogP contribution in [0.5, 0.6) is 0 Å². The summed E-state index contributed by atoms with van der Waals surface area (Å²) in [6.45, 7) is 5.54. The molecule has 0 fully saturated rings. The van der Waals surface area contributed by atoms with Gasteiger partial charge >= 0.3 is 0 Å². The molecule has 0 amide bonds. The molecule has 0 radical (unpaired) electrons. The minimum Gasteiger partial charge on any atom is -0.315 e. The van der Waals surface area contributed by atoms with Crippen LogP contribution in [0.2, 0.25) is 0 Å². The van der Waals surface area contributed by atoms with Crippen molar-refractivity contribution >= 4 is 0 Å². The third-order valence-corrected chi connectivity index (χ3v) is 3.14. The van der Waals surface area contributed by atoms with Gasteiger partial charge in [0.15, 0.2) is 0 Å². The lowest BCUT2D eigenvalue weighted by atomic mass is 9.99. The topological polar surface area (TPSA) is 83.8 Å². The molecule has 2 rings (SSSR count). The van der Waals surface area contributed by atoms with Crippen LogP contribution < -0.4 is 5.73 Å². The predicted octanol–water partition coefficient (Wildman–Crippen LogP) is 0.115. The fourth-order valence-electron chi connectivity index (χ4n) is 2.03. The zero-order chi connectivity index (χ0) is 12.3. The molecule has 6 heteroatoms. The summed E-state index contributed by atoms with van der Waals surface area (Å²) in [7, 11) is 0. The fraction of sp³-hybridized carbons (Fsp3) is 0.727. The predicted molar refractivity (Wildman–Crippen MR) is 62.7 cm³/mol. The zero-order valence-electron chi connectivity index (χ0n) is 10.1. The lowest BCUT2D eigenvalue weighted by Gasteiger charge is -2.27. The highest BCUT2D eigenvalue weighted by Crippen LogP contribution is 2.12. The summed E-state index contributed by atoms with van der Waals surface area (Å²) in [6.07, 6.45) is 3.45. The van der Waals surface area contributed by atoms with Gasteiger partial charge in [-0.15, -0.1) is 10.2 Å². The molecule has 0 saturated carbocycles. The van der Waals surface area contributed by atoms with Crippen LogP contribution in [-0.4, -0.2) is 38.3 Å². The number of nitrogens with zero attached hydrogens (tertiary/aromatic N) is 5. The van der Waals surface area contributed by atoms with Gasteiger partial charge in [-0.25, -0.2) is 0 Å². The molecule has 1 aliphatic rings. The van der Waals surface area contributed by atoms with Crippen molar-refractivity contribution in [2.24, 2.45) is 5.73 Å². The second kappa shape index (κ2) is 4.82. The van der Waals surface area contributed by atoms with E-state index in [-0.39, 0.29) is 0 Å². The van der Waals surface area contributed by atoms with Crippen molar-refractivity contribution in [3.63, 3.8) is 0 Å². The Morgan fingerprint density at radius 2 is 2.41 bits per heavy atom. The van der Waals surface area contributed by atoms with E-state index in [0.717, 1.165) is 44.8 Å². The number of nitrogens with two attached hydrogens (primary N) is 1. The molecule has 2 heterocycles. The lowest BCUT2D eigenvalue weighted by Crippen LogP contribution is -2.37.